The number of halogens is 1. The van der Waals surface area contributed by atoms with Gasteiger partial charge in [0.2, 0.25) is 0 Å². The van der Waals surface area contributed by atoms with Crippen molar-refractivity contribution in [2.75, 3.05) is 0 Å². The first kappa shape index (κ1) is 8.97. The van der Waals surface area contributed by atoms with Crippen LogP contribution < -0.4 is 0 Å². The number of Topliss-reactive ketones (excluding diaryl/α,β-unsaturated/α-hetero) is 1. The first-order chi connectivity index (χ1) is 5.56. The van der Waals surface area contributed by atoms with Crippen LogP contribution in [0.5, 0.6) is 0 Å². The molecular formula is C10H15IO. The molecule has 3 rings (SSSR count). The third-order valence-electron chi connectivity index (χ3n) is 3.90. The molecule has 0 spiro atoms. The fraction of sp³-hybridized carbons (Fsp3) is 0.900. The van der Waals surface area contributed by atoms with E-state index in [-0.39, 0.29) is 5.41 Å². The Morgan fingerprint density at radius 3 is 1.83 bits per heavy atom. The third-order valence-corrected chi connectivity index (χ3v) is 5.52. The summed E-state index contributed by atoms with van der Waals surface area (Å²) in [6.07, 6.45) is 7.29. The van der Waals surface area contributed by atoms with Gasteiger partial charge in [-0.15, -0.1) is 0 Å². The average molecular weight is 278 g/mol. The minimum atomic E-state index is 0.118. The van der Waals surface area contributed by atoms with Crippen molar-refractivity contribution in [2.24, 2.45) is 5.41 Å². The van der Waals surface area contributed by atoms with E-state index in [9.17, 15) is 4.79 Å². The van der Waals surface area contributed by atoms with Gasteiger partial charge in [0, 0.05) is 8.84 Å². The SMILES string of the molecule is CC(=O)C12CCC(I)(CC1)CC2. The number of hydrogen-bond donors (Lipinski definition) is 0. The van der Waals surface area contributed by atoms with Gasteiger partial charge in [-0.1, -0.05) is 22.6 Å². The van der Waals surface area contributed by atoms with E-state index in [1.54, 1.807) is 6.92 Å². The molecule has 0 atom stereocenters. The standard InChI is InChI=1S/C10H15IO/c1-8(12)9-2-5-10(11,6-3-9)7-4-9/h2-7H2,1H3. The van der Waals surface area contributed by atoms with Gasteiger partial charge in [0.05, 0.1) is 0 Å². The van der Waals surface area contributed by atoms with Crippen LogP contribution in [0.25, 0.3) is 0 Å². The zero-order valence-corrected chi connectivity index (χ0v) is 9.69. The molecule has 68 valence electrons. The Labute approximate surface area is 87.4 Å². The summed E-state index contributed by atoms with van der Waals surface area (Å²) >= 11 is 2.61. The number of fused-ring (bicyclic) bond motifs is 3. The summed E-state index contributed by atoms with van der Waals surface area (Å²) in [7, 11) is 0. The second kappa shape index (κ2) is 2.69. The largest absolute Gasteiger partial charge is 0.299 e. The van der Waals surface area contributed by atoms with Gasteiger partial charge in [0.25, 0.3) is 0 Å². The fourth-order valence-electron chi connectivity index (χ4n) is 2.67. The first-order valence-corrected chi connectivity index (χ1v) is 5.84. The lowest BCUT2D eigenvalue weighted by Crippen LogP contribution is -2.45. The summed E-state index contributed by atoms with van der Waals surface area (Å²) in [6, 6.07) is 0. The quantitative estimate of drug-likeness (QED) is 0.532. The number of ketones is 1. The molecule has 0 radical (unpaired) electrons. The summed E-state index contributed by atoms with van der Waals surface area (Å²) < 4.78 is 0.564. The molecule has 0 saturated heterocycles. The maximum atomic E-state index is 11.5. The van der Waals surface area contributed by atoms with Gasteiger partial charge in [-0.3, -0.25) is 4.79 Å². The lowest BCUT2D eigenvalue weighted by Gasteiger charge is -2.49. The minimum Gasteiger partial charge on any atom is -0.299 e. The number of carbonyl (C=O) groups is 1. The Morgan fingerprint density at radius 2 is 1.50 bits per heavy atom. The van der Waals surface area contributed by atoms with Crippen molar-refractivity contribution in [3.63, 3.8) is 0 Å². The molecule has 0 aromatic carbocycles. The zero-order valence-electron chi connectivity index (χ0n) is 7.53. The van der Waals surface area contributed by atoms with E-state index in [1.165, 1.54) is 19.3 Å². The Kier molecular flexibility index (Phi) is 2.01. The molecule has 3 saturated carbocycles. The molecule has 0 aliphatic heterocycles. The number of carbonyl (C=O) groups excluding carboxylic acids is 1. The van der Waals surface area contributed by atoms with Crippen LogP contribution in [0.2, 0.25) is 0 Å². The highest BCUT2D eigenvalue weighted by Crippen LogP contribution is 2.56. The van der Waals surface area contributed by atoms with E-state index < -0.39 is 0 Å². The van der Waals surface area contributed by atoms with E-state index in [4.69, 9.17) is 0 Å². The summed E-state index contributed by atoms with van der Waals surface area (Å²) in [5.74, 6) is 0.445. The molecule has 0 amide bonds. The van der Waals surface area contributed by atoms with Crippen molar-refractivity contribution in [3.8, 4) is 0 Å². The van der Waals surface area contributed by atoms with Crippen molar-refractivity contribution in [3.05, 3.63) is 0 Å². The van der Waals surface area contributed by atoms with Crippen molar-refractivity contribution in [1.82, 2.24) is 0 Å². The lowest BCUT2D eigenvalue weighted by molar-refractivity contribution is -0.131. The Morgan fingerprint density at radius 1 is 1.08 bits per heavy atom. The Bertz CT molecular complexity index is 197. The zero-order chi connectivity index (χ0) is 8.82. The molecule has 3 fully saturated rings. The molecule has 2 bridgehead atoms. The molecule has 12 heavy (non-hydrogen) atoms. The normalized spacial score (nSPS) is 46.2. The second-order valence-corrected chi connectivity index (χ2v) is 6.78. The maximum Gasteiger partial charge on any atom is 0.135 e. The highest BCUT2D eigenvalue weighted by atomic mass is 127. The highest BCUT2D eigenvalue weighted by molar-refractivity contribution is 14.1. The fourth-order valence-corrected chi connectivity index (χ4v) is 3.48. The summed E-state index contributed by atoms with van der Waals surface area (Å²) in [5.41, 5.74) is 0.118. The molecule has 0 unspecified atom stereocenters. The van der Waals surface area contributed by atoms with Crippen LogP contribution >= 0.6 is 22.6 Å². The monoisotopic (exact) mass is 278 g/mol. The van der Waals surface area contributed by atoms with Crippen LogP contribution in [0.1, 0.15) is 45.4 Å². The van der Waals surface area contributed by atoms with Crippen molar-refractivity contribution < 1.29 is 4.79 Å². The van der Waals surface area contributed by atoms with Gasteiger partial charge >= 0.3 is 0 Å². The van der Waals surface area contributed by atoms with E-state index in [0.29, 0.717) is 9.20 Å². The van der Waals surface area contributed by atoms with Crippen molar-refractivity contribution in [2.45, 2.75) is 48.9 Å². The molecule has 0 N–H and O–H groups in total. The topological polar surface area (TPSA) is 17.1 Å². The van der Waals surface area contributed by atoms with Crippen molar-refractivity contribution in [1.29, 1.82) is 0 Å². The minimum absolute atomic E-state index is 0.118. The van der Waals surface area contributed by atoms with Crippen LogP contribution in [0.3, 0.4) is 0 Å². The summed E-state index contributed by atoms with van der Waals surface area (Å²) in [6.45, 7) is 1.78. The predicted octanol–water partition coefficient (Wildman–Crippen LogP) is 3.10. The van der Waals surface area contributed by atoms with Crippen LogP contribution in [0.15, 0.2) is 0 Å². The summed E-state index contributed by atoms with van der Waals surface area (Å²) in [4.78, 5) is 11.5. The lowest BCUT2D eigenvalue weighted by atomic mass is 9.59. The molecular weight excluding hydrogens is 263 g/mol. The number of hydrogen-bond acceptors (Lipinski definition) is 1. The molecule has 0 aromatic heterocycles. The Hall–Kier alpha value is 0.400. The van der Waals surface area contributed by atoms with Crippen LogP contribution in [0, 0.1) is 5.41 Å². The van der Waals surface area contributed by atoms with Crippen LogP contribution in [0.4, 0.5) is 0 Å². The molecule has 0 heterocycles. The van der Waals surface area contributed by atoms with Gasteiger partial charge in [-0.25, -0.2) is 0 Å². The highest BCUT2D eigenvalue weighted by Gasteiger charge is 2.49. The smallest absolute Gasteiger partial charge is 0.135 e. The molecule has 1 nitrogen and oxygen atoms in total. The molecule has 3 aliphatic rings. The van der Waals surface area contributed by atoms with E-state index in [2.05, 4.69) is 22.6 Å². The van der Waals surface area contributed by atoms with Gasteiger partial charge < -0.3 is 0 Å². The van der Waals surface area contributed by atoms with Crippen molar-refractivity contribution >= 4 is 28.4 Å². The van der Waals surface area contributed by atoms with Crippen LogP contribution in [-0.2, 0) is 4.79 Å². The van der Waals surface area contributed by atoms with E-state index in [1.807, 2.05) is 0 Å². The number of rotatable bonds is 1. The average Bonchev–Trinajstić information content (AvgIpc) is 2.06. The van der Waals surface area contributed by atoms with Gasteiger partial charge in [0.1, 0.15) is 5.78 Å². The first-order valence-electron chi connectivity index (χ1n) is 4.76. The van der Waals surface area contributed by atoms with Gasteiger partial charge in [-0.05, 0) is 45.4 Å². The van der Waals surface area contributed by atoms with E-state index >= 15 is 0 Å². The number of alkyl halides is 1. The summed E-state index contributed by atoms with van der Waals surface area (Å²) in [5, 5.41) is 0. The van der Waals surface area contributed by atoms with Crippen LogP contribution in [-0.4, -0.2) is 9.20 Å². The Balaban J connectivity index is 2.20. The predicted molar refractivity (Wildman–Crippen MR) is 57.6 cm³/mol. The molecule has 2 heteroatoms. The third kappa shape index (κ3) is 1.22. The second-order valence-electron chi connectivity index (χ2n) is 4.49. The van der Waals surface area contributed by atoms with Gasteiger partial charge in [0.15, 0.2) is 0 Å². The molecule has 3 aliphatic carbocycles. The molecule has 0 aromatic rings. The van der Waals surface area contributed by atoms with E-state index in [0.717, 1.165) is 19.3 Å². The maximum absolute atomic E-state index is 11.5. The van der Waals surface area contributed by atoms with Gasteiger partial charge in [-0.2, -0.15) is 0 Å².